The number of benzene rings is 1. The number of carbonyl (C=O) groups excluding carboxylic acids is 2. The van der Waals surface area contributed by atoms with Crippen molar-refractivity contribution in [3.8, 4) is 5.75 Å². The van der Waals surface area contributed by atoms with E-state index in [0.717, 1.165) is 36.1 Å². The van der Waals surface area contributed by atoms with Gasteiger partial charge in [-0.25, -0.2) is 4.79 Å². The van der Waals surface area contributed by atoms with Crippen LogP contribution < -0.4 is 10.1 Å². The minimum Gasteiger partial charge on any atom is -0.491 e. The average molecular weight is 360 g/mol. The first-order chi connectivity index (χ1) is 12.5. The number of aryl methyl sites for hydroxylation is 1. The SMILES string of the molecule is Cc1ccc(OCC(O)CN2C(=O)NC3(CCCCCCC3)C2=O)cc1. The van der Waals surface area contributed by atoms with E-state index in [-0.39, 0.29) is 19.1 Å². The standard InChI is InChI=1S/C20H28N2O4/c1-15-7-9-17(10-8-15)26-14-16(23)13-22-18(24)20(21-19(22)25)11-5-3-2-4-6-12-20/h7-10,16,23H,2-6,11-14H2,1H3,(H,21,25). The zero-order valence-electron chi connectivity index (χ0n) is 15.4. The summed E-state index contributed by atoms with van der Waals surface area (Å²) < 4.78 is 5.56. The normalized spacial score (nSPS) is 21.2. The topological polar surface area (TPSA) is 78.9 Å². The molecule has 6 heteroatoms. The second-order valence-electron chi connectivity index (χ2n) is 7.47. The van der Waals surface area contributed by atoms with E-state index in [1.54, 1.807) is 0 Å². The number of hydrogen-bond acceptors (Lipinski definition) is 4. The van der Waals surface area contributed by atoms with Crippen LogP contribution in [0.3, 0.4) is 0 Å². The molecule has 1 atom stereocenters. The van der Waals surface area contributed by atoms with Crippen LogP contribution in [0.1, 0.15) is 50.5 Å². The molecule has 1 aliphatic carbocycles. The highest BCUT2D eigenvalue weighted by molar-refractivity contribution is 6.07. The molecule has 0 aromatic heterocycles. The number of hydrogen-bond donors (Lipinski definition) is 2. The molecular formula is C20H28N2O4. The molecule has 2 N–H and O–H groups in total. The van der Waals surface area contributed by atoms with Gasteiger partial charge in [0, 0.05) is 0 Å². The molecule has 1 unspecified atom stereocenters. The van der Waals surface area contributed by atoms with Gasteiger partial charge in [0.2, 0.25) is 0 Å². The Labute approximate surface area is 154 Å². The summed E-state index contributed by atoms with van der Waals surface area (Å²) in [5.41, 5.74) is 0.358. The summed E-state index contributed by atoms with van der Waals surface area (Å²) in [5, 5.41) is 13.2. The number of imide groups is 1. The minimum absolute atomic E-state index is 0.0348. The molecule has 1 aromatic carbocycles. The number of rotatable bonds is 5. The lowest BCUT2D eigenvalue weighted by atomic mass is 9.84. The third-order valence-electron chi connectivity index (χ3n) is 5.31. The first kappa shape index (κ1) is 18.7. The number of urea groups is 1. The Balaban J connectivity index is 1.57. The highest BCUT2D eigenvalue weighted by Crippen LogP contribution is 2.32. The lowest BCUT2D eigenvalue weighted by Gasteiger charge is -2.28. The third-order valence-corrected chi connectivity index (χ3v) is 5.31. The minimum atomic E-state index is -0.922. The van der Waals surface area contributed by atoms with Gasteiger partial charge in [-0.15, -0.1) is 0 Å². The predicted octanol–water partition coefficient (Wildman–Crippen LogP) is 2.77. The number of β-amino-alcohol motifs (C(OH)–C–C–N with tert-alkyl or cyclic N) is 1. The second kappa shape index (κ2) is 8.08. The van der Waals surface area contributed by atoms with Crippen LogP contribution in [0.25, 0.3) is 0 Å². The van der Waals surface area contributed by atoms with E-state index in [0.29, 0.717) is 18.6 Å². The van der Waals surface area contributed by atoms with Crippen LogP contribution in [-0.2, 0) is 4.79 Å². The maximum absolute atomic E-state index is 12.9. The summed E-state index contributed by atoms with van der Waals surface area (Å²) in [5.74, 6) is 0.460. The van der Waals surface area contributed by atoms with Crippen LogP contribution in [0.4, 0.5) is 4.79 Å². The Kier molecular flexibility index (Phi) is 5.81. The fourth-order valence-electron chi connectivity index (χ4n) is 3.78. The molecule has 2 aliphatic rings. The molecular weight excluding hydrogens is 332 g/mol. The lowest BCUT2D eigenvalue weighted by molar-refractivity contribution is -0.133. The van der Waals surface area contributed by atoms with Crippen molar-refractivity contribution in [2.24, 2.45) is 0 Å². The van der Waals surface area contributed by atoms with E-state index in [9.17, 15) is 14.7 Å². The Bertz CT molecular complexity index is 636. The van der Waals surface area contributed by atoms with Crippen molar-refractivity contribution in [3.05, 3.63) is 29.8 Å². The molecule has 3 amide bonds. The molecule has 1 aromatic rings. The Morgan fingerprint density at radius 3 is 2.38 bits per heavy atom. The van der Waals surface area contributed by atoms with Crippen molar-refractivity contribution >= 4 is 11.9 Å². The molecule has 3 rings (SSSR count). The van der Waals surface area contributed by atoms with Crippen LogP contribution >= 0.6 is 0 Å². The summed E-state index contributed by atoms with van der Waals surface area (Å²) in [6.07, 6.45) is 5.72. The Morgan fingerprint density at radius 1 is 1.12 bits per heavy atom. The maximum atomic E-state index is 12.9. The average Bonchev–Trinajstić information content (AvgIpc) is 2.83. The van der Waals surface area contributed by atoms with Gasteiger partial charge in [-0.2, -0.15) is 0 Å². The molecule has 1 spiro atoms. The summed E-state index contributed by atoms with van der Waals surface area (Å²) in [4.78, 5) is 26.4. The first-order valence-electron chi connectivity index (χ1n) is 9.52. The van der Waals surface area contributed by atoms with E-state index in [4.69, 9.17) is 4.74 Å². The van der Waals surface area contributed by atoms with E-state index in [2.05, 4.69) is 5.32 Å². The van der Waals surface area contributed by atoms with Gasteiger partial charge in [0.15, 0.2) is 0 Å². The van der Waals surface area contributed by atoms with Crippen LogP contribution in [0, 0.1) is 6.92 Å². The monoisotopic (exact) mass is 360 g/mol. The summed E-state index contributed by atoms with van der Waals surface area (Å²) in [7, 11) is 0. The number of amides is 3. The highest BCUT2D eigenvalue weighted by Gasteiger charge is 2.50. The molecule has 2 fully saturated rings. The van der Waals surface area contributed by atoms with Gasteiger partial charge in [0.1, 0.15) is 24.0 Å². The van der Waals surface area contributed by atoms with Crippen LogP contribution in [0.15, 0.2) is 24.3 Å². The van der Waals surface area contributed by atoms with Gasteiger partial charge in [-0.05, 0) is 31.9 Å². The Morgan fingerprint density at radius 2 is 1.73 bits per heavy atom. The third kappa shape index (κ3) is 4.18. The van der Waals surface area contributed by atoms with Crippen LogP contribution in [0.2, 0.25) is 0 Å². The molecule has 0 bridgehead atoms. The molecule has 6 nitrogen and oxygen atoms in total. The van der Waals surface area contributed by atoms with E-state index < -0.39 is 17.7 Å². The number of nitrogens with one attached hydrogen (secondary N) is 1. The van der Waals surface area contributed by atoms with Crippen molar-refractivity contribution in [2.75, 3.05) is 13.2 Å². The first-order valence-corrected chi connectivity index (χ1v) is 9.52. The summed E-state index contributed by atoms with van der Waals surface area (Å²) in [6, 6.07) is 7.12. The maximum Gasteiger partial charge on any atom is 0.325 e. The Hall–Kier alpha value is -2.08. The number of ether oxygens (including phenoxy) is 1. The fourth-order valence-corrected chi connectivity index (χ4v) is 3.78. The number of aliphatic hydroxyl groups is 1. The molecule has 0 radical (unpaired) electrons. The molecule has 1 saturated carbocycles. The number of carbonyl (C=O) groups is 2. The van der Waals surface area contributed by atoms with E-state index in [1.165, 1.54) is 6.42 Å². The number of aliphatic hydroxyl groups excluding tert-OH is 1. The van der Waals surface area contributed by atoms with Gasteiger partial charge in [0.05, 0.1) is 6.54 Å². The largest absolute Gasteiger partial charge is 0.491 e. The van der Waals surface area contributed by atoms with Crippen molar-refractivity contribution in [3.63, 3.8) is 0 Å². The lowest BCUT2D eigenvalue weighted by Crippen LogP contribution is -2.48. The zero-order valence-corrected chi connectivity index (χ0v) is 15.4. The molecule has 1 aliphatic heterocycles. The fraction of sp³-hybridized carbons (Fsp3) is 0.600. The van der Waals surface area contributed by atoms with Gasteiger partial charge in [-0.3, -0.25) is 9.69 Å². The summed E-state index contributed by atoms with van der Waals surface area (Å²) in [6.45, 7) is 1.98. The number of nitrogens with zero attached hydrogens (tertiary/aromatic N) is 1. The van der Waals surface area contributed by atoms with Gasteiger partial charge in [0.25, 0.3) is 5.91 Å². The van der Waals surface area contributed by atoms with E-state index in [1.807, 2.05) is 31.2 Å². The molecule has 1 saturated heterocycles. The molecule has 142 valence electrons. The second-order valence-corrected chi connectivity index (χ2v) is 7.47. The molecule has 1 heterocycles. The van der Waals surface area contributed by atoms with Crippen molar-refractivity contribution in [1.82, 2.24) is 10.2 Å². The summed E-state index contributed by atoms with van der Waals surface area (Å²) >= 11 is 0. The zero-order chi connectivity index (χ0) is 18.6. The molecule has 26 heavy (non-hydrogen) atoms. The van der Waals surface area contributed by atoms with Gasteiger partial charge >= 0.3 is 6.03 Å². The predicted molar refractivity (Wildman–Crippen MR) is 98.0 cm³/mol. The quantitative estimate of drug-likeness (QED) is 0.792. The van der Waals surface area contributed by atoms with Crippen LogP contribution in [0.5, 0.6) is 5.75 Å². The van der Waals surface area contributed by atoms with E-state index >= 15 is 0 Å². The van der Waals surface area contributed by atoms with Gasteiger partial charge in [-0.1, -0.05) is 49.8 Å². The highest BCUT2D eigenvalue weighted by atomic mass is 16.5. The van der Waals surface area contributed by atoms with Crippen LogP contribution in [-0.4, -0.2) is 46.7 Å². The van der Waals surface area contributed by atoms with Gasteiger partial charge < -0.3 is 15.2 Å². The van der Waals surface area contributed by atoms with Crippen molar-refractivity contribution < 1.29 is 19.4 Å². The smallest absolute Gasteiger partial charge is 0.325 e. The van der Waals surface area contributed by atoms with Crippen molar-refractivity contribution in [2.45, 2.75) is 63.5 Å². The van der Waals surface area contributed by atoms with Crippen molar-refractivity contribution in [1.29, 1.82) is 0 Å².